The minimum atomic E-state index is -0.759. The zero-order chi connectivity index (χ0) is 23.3. The Hall–Kier alpha value is -2.47. The Morgan fingerprint density at radius 3 is 2.39 bits per heavy atom. The fraction of sp³-hybridized carbons (Fsp3) is 0.560. The predicted molar refractivity (Wildman–Crippen MR) is 128 cm³/mol. The molecule has 1 N–H and O–H groups in total. The number of carbonyl (C=O) groups is 2. The number of aliphatic hydroxyl groups excluding tert-OH is 1. The molecule has 0 bridgehead atoms. The van der Waals surface area contributed by atoms with E-state index in [9.17, 15) is 14.7 Å². The number of ketones is 1. The molecular formula is C25H39N3O3. The molecule has 0 spiro atoms. The van der Waals surface area contributed by atoms with Crippen molar-refractivity contribution in [3.8, 4) is 0 Å². The van der Waals surface area contributed by atoms with Crippen LogP contribution in [0, 0.1) is 5.41 Å². The van der Waals surface area contributed by atoms with E-state index in [1.807, 2.05) is 25.1 Å². The van der Waals surface area contributed by atoms with E-state index in [1.165, 1.54) is 5.57 Å². The third kappa shape index (κ3) is 7.62. The lowest BCUT2D eigenvalue weighted by Crippen LogP contribution is -2.41. The second-order valence-electron chi connectivity index (χ2n) is 8.30. The van der Waals surface area contributed by atoms with Gasteiger partial charge in [0, 0.05) is 32.0 Å². The highest BCUT2D eigenvalue weighted by Crippen LogP contribution is 2.48. The van der Waals surface area contributed by atoms with E-state index < -0.39 is 5.78 Å². The van der Waals surface area contributed by atoms with Gasteiger partial charge < -0.3 is 14.9 Å². The lowest BCUT2D eigenvalue weighted by atomic mass is 9.74. The van der Waals surface area contributed by atoms with Gasteiger partial charge in [0.05, 0.1) is 0 Å². The van der Waals surface area contributed by atoms with Gasteiger partial charge in [0.1, 0.15) is 17.8 Å². The molecule has 0 radical (unpaired) electrons. The quantitative estimate of drug-likeness (QED) is 0.0890. The summed E-state index contributed by atoms with van der Waals surface area (Å²) >= 11 is 0. The molecule has 0 aromatic carbocycles. The van der Waals surface area contributed by atoms with Gasteiger partial charge in [-0.25, -0.2) is 0 Å². The average Bonchev–Trinajstić information content (AvgIpc) is 3.24. The van der Waals surface area contributed by atoms with Crippen molar-refractivity contribution in [3.05, 3.63) is 48.4 Å². The molecule has 31 heavy (non-hydrogen) atoms. The predicted octanol–water partition coefficient (Wildman–Crippen LogP) is 4.46. The van der Waals surface area contributed by atoms with Gasteiger partial charge in [-0.15, -0.1) is 0 Å². The minimum Gasteiger partial charge on any atom is -0.513 e. The summed E-state index contributed by atoms with van der Waals surface area (Å²) in [5.41, 5.74) is 0.994. The maximum Gasteiger partial charge on any atom is 0.244 e. The molecule has 1 fully saturated rings. The number of unbranched alkanes of at least 4 members (excludes halogenated alkanes) is 1. The molecule has 6 nitrogen and oxygen atoms in total. The third-order valence-electron chi connectivity index (χ3n) is 5.87. The SMILES string of the molecule is C=C/C(=C\C=C/CCC)C1(CC(=NC)N(CCN(C)C)C(=CO)C(=O)C=O)CCCC1. The van der Waals surface area contributed by atoms with E-state index in [-0.39, 0.29) is 17.4 Å². The van der Waals surface area contributed by atoms with Gasteiger partial charge >= 0.3 is 0 Å². The van der Waals surface area contributed by atoms with E-state index in [1.54, 1.807) is 11.9 Å². The van der Waals surface area contributed by atoms with Crippen molar-refractivity contribution in [3.63, 3.8) is 0 Å². The molecule has 172 valence electrons. The Balaban J connectivity index is 3.33. The number of likely N-dealkylation sites (N-methyl/N-ethyl adjacent to an activating group) is 1. The number of aldehydes is 1. The van der Waals surface area contributed by atoms with E-state index in [0.717, 1.165) is 44.8 Å². The van der Waals surface area contributed by atoms with Gasteiger partial charge in [-0.1, -0.05) is 57.1 Å². The average molecular weight is 430 g/mol. The number of hydrogen-bond donors (Lipinski definition) is 1. The van der Waals surface area contributed by atoms with Gasteiger partial charge in [0.2, 0.25) is 5.78 Å². The van der Waals surface area contributed by atoms with Crippen LogP contribution in [0.3, 0.4) is 0 Å². The molecule has 0 aromatic heterocycles. The van der Waals surface area contributed by atoms with Crippen LogP contribution in [0.2, 0.25) is 0 Å². The van der Waals surface area contributed by atoms with E-state index in [4.69, 9.17) is 0 Å². The van der Waals surface area contributed by atoms with Crippen molar-refractivity contribution in [1.82, 2.24) is 9.80 Å². The number of nitrogens with zero attached hydrogens (tertiary/aromatic N) is 3. The molecular weight excluding hydrogens is 390 g/mol. The first kappa shape index (κ1) is 26.6. The van der Waals surface area contributed by atoms with E-state index in [0.29, 0.717) is 25.3 Å². The molecule has 0 atom stereocenters. The zero-order valence-corrected chi connectivity index (χ0v) is 19.6. The highest BCUT2D eigenvalue weighted by molar-refractivity contribution is 6.33. The second-order valence-corrected chi connectivity index (χ2v) is 8.30. The van der Waals surface area contributed by atoms with Crippen LogP contribution in [0.15, 0.2) is 53.4 Å². The second kappa shape index (κ2) is 13.8. The Labute approximate surface area is 187 Å². The van der Waals surface area contributed by atoms with Gasteiger partial charge in [-0.2, -0.15) is 0 Å². The first-order chi connectivity index (χ1) is 14.9. The van der Waals surface area contributed by atoms with Gasteiger partial charge in [-0.3, -0.25) is 14.6 Å². The molecule has 1 aliphatic carbocycles. The monoisotopic (exact) mass is 429 g/mol. The van der Waals surface area contributed by atoms with Crippen LogP contribution in [0.1, 0.15) is 51.9 Å². The van der Waals surface area contributed by atoms with Crippen LogP contribution in [0.5, 0.6) is 0 Å². The van der Waals surface area contributed by atoms with Crippen LogP contribution in [0.4, 0.5) is 0 Å². The van der Waals surface area contributed by atoms with Crippen molar-refractivity contribution >= 4 is 17.9 Å². The summed E-state index contributed by atoms with van der Waals surface area (Å²) < 4.78 is 0. The Bertz CT molecular complexity index is 726. The molecule has 0 heterocycles. The first-order valence-electron chi connectivity index (χ1n) is 11.1. The highest BCUT2D eigenvalue weighted by atomic mass is 16.2. The molecule has 1 aliphatic rings. The summed E-state index contributed by atoms with van der Waals surface area (Å²) in [6.45, 7) is 7.29. The van der Waals surface area contributed by atoms with Gasteiger partial charge in [-0.05, 0) is 38.9 Å². The van der Waals surface area contributed by atoms with Crippen LogP contribution in [-0.4, -0.2) is 67.0 Å². The van der Waals surface area contributed by atoms with Crippen molar-refractivity contribution in [1.29, 1.82) is 0 Å². The zero-order valence-electron chi connectivity index (χ0n) is 19.6. The maximum atomic E-state index is 12.2. The fourth-order valence-corrected chi connectivity index (χ4v) is 4.13. The summed E-state index contributed by atoms with van der Waals surface area (Å²) in [6, 6.07) is 0. The lowest BCUT2D eigenvalue weighted by molar-refractivity contribution is -0.128. The lowest BCUT2D eigenvalue weighted by Gasteiger charge is -2.36. The minimum absolute atomic E-state index is 0.0439. The topological polar surface area (TPSA) is 73.2 Å². The summed E-state index contributed by atoms with van der Waals surface area (Å²) in [7, 11) is 5.56. The number of aliphatic imine (C=N–C) groups is 1. The van der Waals surface area contributed by atoms with Crippen molar-refractivity contribution in [2.75, 3.05) is 34.2 Å². The normalized spacial score (nSPS) is 17.4. The number of Topliss-reactive ketones (excluding diaryl/α,β-unsaturated/α-hetero) is 1. The molecule has 0 aromatic rings. The van der Waals surface area contributed by atoms with Crippen LogP contribution in [-0.2, 0) is 9.59 Å². The summed E-state index contributed by atoms with van der Waals surface area (Å²) in [5, 5.41) is 9.77. The molecule has 1 saturated carbocycles. The number of hydrogen-bond acceptors (Lipinski definition) is 5. The van der Waals surface area contributed by atoms with E-state index in [2.05, 4.69) is 36.7 Å². The Kier molecular flexibility index (Phi) is 11.8. The molecule has 6 heteroatoms. The molecule has 0 amide bonds. The van der Waals surface area contributed by atoms with Gasteiger partial charge in [0.25, 0.3) is 0 Å². The first-order valence-corrected chi connectivity index (χ1v) is 11.1. The van der Waals surface area contributed by atoms with E-state index >= 15 is 0 Å². The standard InChI is InChI=1S/C25H39N3O3/c1-6-8-9-10-13-21(7-2)25(14-11-12-15-25)18-24(26-3)28(17-16-27(4)5)22(19-29)23(31)20-30/h7,9-10,13,19-20,29H,2,6,8,11-12,14-18H2,1,3-5H3/b10-9-,21-13+,22-19?,26-24?. The van der Waals surface area contributed by atoms with Crippen molar-refractivity contribution in [2.45, 2.75) is 51.9 Å². The van der Waals surface area contributed by atoms with Crippen LogP contribution in [0.25, 0.3) is 0 Å². The van der Waals surface area contributed by atoms with Crippen LogP contribution < -0.4 is 0 Å². The number of allylic oxidation sites excluding steroid dienone is 6. The Morgan fingerprint density at radius 2 is 1.90 bits per heavy atom. The van der Waals surface area contributed by atoms with Crippen LogP contribution >= 0.6 is 0 Å². The summed E-state index contributed by atoms with van der Waals surface area (Å²) in [5.74, 6) is -0.0746. The smallest absolute Gasteiger partial charge is 0.244 e. The van der Waals surface area contributed by atoms with Crippen molar-refractivity contribution < 1.29 is 14.7 Å². The molecule has 0 aliphatic heterocycles. The number of aliphatic hydroxyl groups is 1. The molecule has 0 unspecified atom stereocenters. The maximum absolute atomic E-state index is 12.2. The number of carbonyl (C=O) groups excluding carboxylic acids is 2. The molecule has 1 rings (SSSR count). The van der Waals surface area contributed by atoms with Crippen molar-refractivity contribution in [2.24, 2.45) is 10.4 Å². The largest absolute Gasteiger partial charge is 0.513 e. The number of amidine groups is 1. The third-order valence-corrected chi connectivity index (χ3v) is 5.87. The Morgan fingerprint density at radius 1 is 1.23 bits per heavy atom. The molecule has 0 saturated heterocycles. The van der Waals surface area contributed by atoms with Gasteiger partial charge in [0.15, 0.2) is 6.29 Å². The fourth-order valence-electron chi connectivity index (χ4n) is 4.13. The highest BCUT2D eigenvalue weighted by Gasteiger charge is 2.39. The summed E-state index contributed by atoms with van der Waals surface area (Å²) in [4.78, 5) is 31.6. The summed E-state index contributed by atoms with van der Waals surface area (Å²) in [6.07, 6.45) is 16.3. The number of rotatable bonds is 13.